The molecule has 120 valence electrons. The Balaban J connectivity index is 0.00000242. The second kappa shape index (κ2) is 9.09. The van der Waals surface area contributed by atoms with Crippen molar-refractivity contribution >= 4 is 17.0 Å². The first-order valence-electron chi connectivity index (χ1n) is 7.73. The lowest BCUT2D eigenvalue weighted by Crippen LogP contribution is -2.40. The van der Waals surface area contributed by atoms with E-state index in [-0.39, 0.29) is 22.9 Å². The Morgan fingerprint density at radius 1 is 0.955 bits per heavy atom. The number of nitrogens with one attached hydrogen (secondary N) is 1. The minimum Gasteiger partial charge on any atom is -0.380 e. The molecule has 1 unspecified atom stereocenters. The van der Waals surface area contributed by atoms with Crippen molar-refractivity contribution in [1.82, 2.24) is 5.32 Å². The van der Waals surface area contributed by atoms with Gasteiger partial charge in [-0.3, -0.25) is 0 Å². The van der Waals surface area contributed by atoms with Crippen molar-refractivity contribution in [2.24, 2.45) is 5.92 Å². The fourth-order valence-corrected chi connectivity index (χ4v) is 2.76. The van der Waals surface area contributed by atoms with Crippen LogP contribution in [0.1, 0.15) is 31.4 Å². The van der Waals surface area contributed by atoms with E-state index in [2.05, 4.69) is 19.2 Å². The zero-order valence-corrected chi connectivity index (χ0v) is 15.0. The van der Waals surface area contributed by atoms with Gasteiger partial charge < -0.3 is 10.4 Å². The van der Waals surface area contributed by atoms with Gasteiger partial charge in [-0.05, 0) is 24.1 Å². The van der Waals surface area contributed by atoms with Gasteiger partial charge in [-0.1, -0.05) is 74.5 Å². The third kappa shape index (κ3) is 4.19. The number of rotatable bonds is 7. The molecule has 0 aliphatic carbocycles. The highest BCUT2D eigenvalue weighted by Gasteiger charge is 2.37. The van der Waals surface area contributed by atoms with Crippen molar-refractivity contribution in [3.05, 3.63) is 71.8 Å². The van der Waals surface area contributed by atoms with Crippen LogP contribution in [0.15, 0.2) is 60.7 Å². The van der Waals surface area contributed by atoms with Crippen molar-refractivity contribution in [3.8, 4) is 0 Å². The van der Waals surface area contributed by atoms with Gasteiger partial charge in [0.1, 0.15) is 5.60 Å². The molecule has 0 aliphatic rings. The van der Waals surface area contributed by atoms with Crippen LogP contribution >= 0.6 is 17.0 Å². The molecular formula is C19H26BrNO. The molecule has 0 saturated carbocycles. The highest BCUT2D eigenvalue weighted by molar-refractivity contribution is 8.93. The largest absolute Gasteiger partial charge is 0.380 e. The van der Waals surface area contributed by atoms with E-state index < -0.39 is 5.60 Å². The number of hydrogen-bond donors (Lipinski definition) is 2. The molecule has 0 radical (unpaired) electrons. The summed E-state index contributed by atoms with van der Waals surface area (Å²) in [5.74, 6) is 0.0776. The van der Waals surface area contributed by atoms with Gasteiger partial charge in [0, 0.05) is 12.5 Å². The Hall–Kier alpha value is -1.16. The van der Waals surface area contributed by atoms with E-state index in [0.717, 1.165) is 30.6 Å². The lowest BCUT2D eigenvalue weighted by Gasteiger charge is -2.35. The van der Waals surface area contributed by atoms with Crippen LogP contribution in [-0.2, 0) is 5.60 Å². The predicted molar refractivity (Wildman–Crippen MR) is 98.5 cm³/mol. The van der Waals surface area contributed by atoms with Crippen molar-refractivity contribution < 1.29 is 5.11 Å². The molecule has 0 amide bonds. The first-order valence-corrected chi connectivity index (χ1v) is 7.73. The van der Waals surface area contributed by atoms with E-state index >= 15 is 0 Å². The normalized spacial score (nSPS) is 12.5. The molecule has 1 atom stereocenters. The molecule has 0 fully saturated rings. The first kappa shape index (κ1) is 18.9. The highest BCUT2D eigenvalue weighted by atomic mass is 79.9. The Morgan fingerprint density at radius 2 is 1.41 bits per heavy atom. The molecule has 0 saturated heterocycles. The minimum atomic E-state index is -0.969. The summed E-state index contributed by atoms with van der Waals surface area (Å²) in [6.45, 7) is 6.01. The second-order valence-electron chi connectivity index (χ2n) is 5.60. The monoisotopic (exact) mass is 363 g/mol. The van der Waals surface area contributed by atoms with Gasteiger partial charge >= 0.3 is 0 Å². The average molecular weight is 364 g/mol. The Bertz CT molecular complexity index is 490. The number of halogens is 1. The van der Waals surface area contributed by atoms with E-state index in [1.165, 1.54) is 0 Å². The lowest BCUT2D eigenvalue weighted by atomic mass is 9.77. The quantitative estimate of drug-likeness (QED) is 0.724. The fourth-order valence-electron chi connectivity index (χ4n) is 2.76. The van der Waals surface area contributed by atoms with Crippen LogP contribution in [-0.4, -0.2) is 18.2 Å². The smallest absolute Gasteiger partial charge is 0.118 e. The van der Waals surface area contributed by atoms with E-state index in [4.69, 9.17) is 0 Å². The van der Waals surface area contributed by atoms with Crippen molar-refractivity contribution in [2.75, 3.05) is 13.1 Å². The maximum Gasteiger partial charge on any atom is 0.118 e. The third-order valence-electron chi connectivity index (χ3n) is 4.02. The molecule has 2 rings (SSSR count). The molecule has 0 spiro atoms. The number of benzene rings is 2. The van der Waals surface area contributed by atoms with E-state index in [9.17, 15) is 5.11 Å². The molecule has 0 aromatic heterocycles. The van der Waals surface area contributed by atoms with E-state index in [0.29, 0.717) is 0 Å². The topological polar surface area (TPSA) is 32.3 Å². The SMILES string of the molecule is Br.CCCNCC(C)C(O)(c1ccccc1)c1ccccc1. The molecule has 2 aromatic rings. The molecule has 3 heteroatoms. The molecule has 2 aromatic carbocycles. The van der Waals surface area contributed by atoms with Crippen molar-refractivity contribution in [1.29, 1.82) is 0 Å². The van der Waals surface area contributed by atoms with Crippen LogP contribution in [0.25, 0.3) is 0 Å². The summed E-state index contributed by atoms with van der Waals surface area (Å²) < 4.78 is 0. The summed E-state index contributed by atoms with van der Waals surface area (Å²) in [5.41, 5.74) is 0.924. The molecule has 2 N–H and O–H groups in total. The zero-order valence-electron chi connectivity index (χ0n) is 13.3. The number of aliphatic hydroxyl groups is 1. The minimum absolute atomic E-state index is 0. The molecule has 0 bridgehead atoms. The van der Waals surface area contributed by atoms with Crippen molar-refractivity contribution in [2.45, 2.75) is 25.9 Å². The first-order chi connectivity index (χ1) is 10.2. The van der Waals surface area contributed by atoms with Gasteiger partial charge in [-0.15, -0.1) is 17.0 Å². The summed E-state index contributed by atoms with van der Waals surface area (Å²) in [7, 11) is 0. The molecule has 0 aliphatic heterocycles. The fraction of sp³-hybridized carbons (Fsp3) is 0.368. The molecule has 22 heavy (non-hydrogen) atoms. The summed E-state index contributed by atoms with van der Waals surface area (Å²) >= 11 is 0. The van der Waals surface area contributed by atoms with Crippen LogP contribution in [0.2, 0.25) is 0 Å². The summed E-state index contributed by atoms with van der Waals surface area (Å²) in [6.07, 6.45) is 1.10. The van der Waals surface area contributed by atoms with Crippen LogP contribution in [0.3, 0.4) is 0 Å². The summed E-state index contributed by atoms with van der Waals surface area (Å²) in [6, 6.07) is 19.9. The Kier molecular flexibility index (Phi) is 7.80. The summed E-state index contributed by atoms with van der Waals surface area (Å²) in [4.78, 5) is 0. The van der Waals surface area contributed by atoms with Gasteiger partial charge in [-0.25, -0.2) is 0 Å². The van der Waals surface area contributed by atoms with Crippen LogP contribution in [0.5, 0.6) is 0 Å². The summed E-state index contributed by atoms with van der Waals surface area (Å²) in [5, 5.41) is 14.9. The van der Waals surface area contributed by atoms with Crippen molar-refractivity contribution in [3.63, 3.8) is 0 Å². The molecular weight excluding hydrogens is 338 g/mol. The van der Waals surface area contributed by atoms with Gasteiger partial charge in [-0.2, -0.15) is 0 Å². The maximum atomic E-state index is 11.5. The molecule has 0 heterocycles. The maximum absolute atomic E-state index is 11.5. The Morgan fingerprint density at radius 3 is 1.82 bits per heavy atom. The highest BCUT2D eigenvalue weighted by Crippen LogP contribution is 2.36. The standard InChI is InChI=1S/C19H25NO.BrH/c1-3-14-20-15-16(2)19(21,17-10-6-4-7-11-17)18-12-8-5-9-13-18;/h4-13,16,20-21H,3,14-15H2,1-2H3;1H. The lowest BCUT2D eigenvalue weighted by molar-refractivity contribution is 0.0242. The molecule has 2 nitrogen and oxygen atoms in total. The van der Waals surface area contributed by atoms with Gasteiger partial charge in [0.05, 0.1) is 0 Å². The van der Waals surface area contributed by atoms with Crippen LogP contribution in [0.4, 0.5) is 0 Å². The number of hydrogen-bond acceptors (Lipinski definition) is 2. The zero-order chi connectivity index (χ0) is 15.1. The van der Waals surface area contributed by atoms with Crippen LogP contribution < -0.4 is 5.32 Å². The van der Waals surface area contributed by atoms with E-state index in [1.807, 2.05) is 60.7 Å². The van der Waals surface area contributed by atoms with Gasteiger partial charge in [0.25, 0.3) is 0 Å². The van der Waals surface area contributed by atoms with Crippen LogP contribution in [0, 0.1) is 5.92 Å². The van der Waals surface area contributed by atoms with E-state index in [1.54, 1.807) is 0 Å². The van der Waals surface area contributed by atoms with Gasteiger partial charge in [0.15, 0.2) is 0 Å². The average Bonchev–Trinajstić information content (AvgIpc) is 2.56. The second-order valence-corrected chi connectivity index (χ2v) is 5.60. The third-order valence-corrected chi connectivity index (χ3v) is 4.02. The van der Waals surface area contributed by atoms with Gasteiger partial charge in [0.2, 0.25) is 0 Å². The Labute approximate surface area is 144 Å². The predicted octanol–water partition coefficient (Wildman–Crippen LogP) is 4.14.